The highest BCUT2D eigenvalue weighted by Gasteiger charge is 2.33. The highest BCUT2D eigenvalue weighted by molar-refractivity contribution is 6.07. The molecule has 1 aliphatic heterocycles. The molecule has 0 saturated carbocycles. The van der Waals surface area contributed by atoms with E-state index in [4.69, 9.17) is 4.74 Å². The number of carbonyl (C=O) groups is 4. The van der Waals surface area contributed by atoms with Crippen molar-refractivity contribution in [3.05, 3.63) is 114 Å². The van der Waals surface area contributed by atoms with Crippen molar-refractivity contribution in [3.63, 3.8) is 0 Å². The Morgan fingerprint density at radius 3 is 2.14 bits per heavy atom. The van der Waals surface area contributed by atoms with Gasteiger partial charge in [0.05, 0.1) is 11.6 Å². The van der Waals surface area contributed by atoms with Crippen LogP contribution in [0.25, 0.3) is 11.1 Å². The smallest absolute Gasteiger partial charge is 0.261 e. The summed E-state index contributed by atoms with van der Waals surface area (Å²) in [4.78, 5) is 51.9. The van der Waals surface area contributed by atoms with Crippen molar-refractivity contribution in [2.24, 2.45) is 0 Å². The molecule has 8 nitrogen and oxygen atoms in total. The molecule has 2 N–H and O–H groups in total. The summed E-state index contributed by atoms with van der Waals surface area (Å²) >= 11 is 0. The minimum Gasteiger partial charge on any atom is -0.457 e. The van der Waals surface area contributed by atoms with E-state index in [1.165, 1.54) is 11.9 Å². The molecule has 5 rings (SSSR count). The van der Waals surface area contributed by atoms with Crippen LogP contribution in [0.3, 0.4) is 0 Å². The fourth-order valence-corrected chi connectivity index (χ4v) is 4.87. The second-order valence-corrected chi connectivity index (χ2v) is 10.1. The van der Waals surface area contributed by atoms with Crippen molar-refractivity contribution in [3.8, 4) is 22.6 Å². The summed E-state index contributed by atoms with van der Waals surface area (Å²) in [5, 5.41) is 3.90. The lowest BCUT2D eigenvalue weighted by Gasteiger charge is -2.27. The number of nitrogens with zero attached hydrogens (tertiary/aromatic N) is 1. The number of hydrogen-bond acceptors (Lipinski definition) is 5. The standard InChI is InChI=1S/C34H31N3O5/c1-22-27-12-6-7-13-28(27)29-14-8-9-15-30(29)37(34(22)41)36-33(40)23(2)35-32(39)21-20-31(38)24-16-18-26(19-17-24)42-25-10-4-3-5-11-25/h3-19,22-23H,20-21H2,1-2H3,(H,35,39)(H,36,40)/t22?,23-/m0/s1. The number of Topliss-reactive ketones (excluding diaryl/α,β-unsaturated/α-hetero) is 1. The second kappa shape index (κ2) is 12.5. The predicted molar refractivity (Wildman–Crippen MR) is 160 cm³/mol. The molecule has 212 valence electrons. The fraction of sp³-hybridized carbons (Fsp3) is 0.176. The van der Waals surface area contributed by atoms with Gasteiger partial charge in [-0.1, -0.05) is 60.7 Å². The number of rotatable bonds is 9. The molecule has 0 bridgehead atoms. The van der Waals surface area contributed by atoms with Crippen LogP contribution in [-0.2, 0) is 14.4 Å². The lowest BCUT2D eigenvalue weighted by atomic mass is 9.92. The number of nitrogens with one attached hydrogen (secondary N) is 2. The summed E-state index contributed by atoms with van der Waals surface area (Å²) in [5.41, 5.74) is 6.33. The maximum atomic E-state index is 13.5. The molecule has 42 heavy (non-hydrogen) atoms. The molecule has 1 heterocycles. The predicted octanol–water partition coefficient (Wildman–Crippen LogP) is 5.80. The van der Waals surface area contributed by atoms with Crippen LogP contribution in [0.15, 0.2) is 103 Å². The van der Waals surface area contributed by atoms with E-state index in [0.29, 0.717) is 22.7 Å². The number of carbonyl (C=O) groups excluding carboxylic acids is 4. The van der Waals surface area contributed by atoms with E-state index in [1.54, 1.807) is 43.3 Å². The van der Waals surface area contributed by atoms with E-state index in [-0.39, 0.29) is 24.5 Å². The molecule has 0 radical (unpaired) electrons. The lowest BCUT2D eigenvalue weighted by molar-refractivity contribution is -0.130. The molecular formula is C34H31N3O5. The topological polar surface area (TPSA) is 105 Å². The molecule has 0 fully saturated rings. The Hall–Kier alpha value is -5.24. The van der Waals surface area contributed by atoms with Crippen molar-refractivity contribution in [1.29, 1.82) is 0 Å². The Morgan fingerprint density at radius 2 is 1.40 bits per heavy atom. The number of hydrazine groups is 1. The van der Waals surface area contributed by atoms with Crippen molar-refractivity contribution in [1.82, 2.24) is 10.7 Å². The maximum absolute atomic E-state index is 13.5. The maximum Gasteiger partial charge on any atom is 0.261 e. The van der Waals surface area contributed by atoms with Crippen LogP contribution in [-0.4, -0.2) is 29.5 Å². The molecule has 3 amide bonds. The molecule has 2 atom stereocenters. The third kappa shape index (κ3) is 6.23. The van der Waals surface area contributed by atoms with Crippen molar-refractivity contribution < 1.29 is 23.9 Å². The van der Waals surface area contributed by atoms with Crippen LogP contribution in [0, 0.1) is 0 Å². The molecule has 0 saturated heterocycles. The van der Waals surface area contributed by atoms with Gasteiger partial charge in [-0.3, -0.25) is 24.6 Å². The molecule has 0 aromatic heterocycles. The lowest BCUT2D eigenvalue weighted by Crippen LogP contribution is -2.54. The van der Waals surface area contributed by atoms with Gasteiger partial charge in [0.15, 0.2) is 5.78 Å². The third-order valence-corrected chi connectivity index (χ3v) is 7.18. The van der Waals surface area contributed by atoms with Crippen LogP contribution in [0.2, 0.25) is 0 Å². The number of ketones is 1. The van der Waals surface area contributed by atoms with Gasteiger partial charge in [0.2, 0.25) is 5.91 Å². The fourth-order valence-electron chi connectivity index (χ4n) is 4.87. The number of ether oxygens (including phenoxy) is 1. The summed E-state index contributed by atoms with van der Waals surface area (Å²) in [6, 6.07) is 30.1. The van der Waals surface area contributed by atoms with E-state index >= 15 is 0 Å². The Kier molecular flexibility index (Phi) is 8.43. The third-order valence-electron chi connectivity index (χ3n) is 7.18. The zero-order valence-electron chi connectivity index (χ0n) is 23.4. The van der Waals surface area contributed by atoms with Gasteiger partial charge in [-0.2, -0.15) is 0 Å². The number of benzene rings is 4. The van der Waals surface area contributed by atoms with Crippen LogP contribution >= 0.6 is 0 Å². The largest absolute Gasteiger partial charge is 0.457 e. The molecule has 0 aliphatic carbocycles. The first-order valence-electron chi connectivity index (χ1n) is 13.8. The molecule has 4 aromatic rings. The average Bonchev–Trinajstić information content (AvgIpc) is 3.10. The Labute approximate surface area is 244 Å². The van der Waals surface area contributed by atoms with Crippen molar-refractivity contribution in [2.75, 3.05) is 5.01 Å². The van der Waals surface area contributed by atoms with Crippen LogP contribution in [0.4, 0.5) is 5.69 Å². The highest BCUT2D eigenvalue weighted by Crippen LogP contribution is 2.40. The monoisotopic (exact) mass is 561 g/mol. The zero-order chi connectivity index (χ0) is 29.6. The van der Waals surface area contributed by atoms with Gasteiger partial charge in [-0.25, -0.2) is 5.01 Å². The Bertz CT molecular complexity index is 1620. The quantitative estimate of drug-likeness (QED) is 0.252. The molecule has 4 aromatic carbocycles. The summed E-state index contributed by atoms with van der Waals surface area (Å²) in [6.45, 7) is 3.34. The normalized spacial score (nSPS) is 14.6. The summed E-state index contributed by atoms with van der Waals surface area (Å²) in [6.07, 6.45) is -0.108. The van der Waals surface area contributed by atoms with Crippen LogP contribution in [0.1, 0.15) is 48.5 Å². The Morgan fingerprint density at radius 1 is 0.786 bits per heavy atom. The average molecular weight is 562 g/mol. The van der Waals surface area contributed by atoms with E-state index < -0.39 is 23.8 Å². The van der Waals surface area contributed by atoms with Gasteiger partial charge in [0, 0.05) is 24.0 Å². The molecule has 1 unspecified atom stereocenters. The first-order chi connectivity index (χ1) is 20.3. The van der Waals surface area contributed by atoms with Crippen LogP contribution < -0.4 is 20.5 Å². The molecular weight excluding hydrogens is 530 g/mol. The minimum absolute atomic E-state index is 0.0210. The van der Waals surface area contributed by atoms with Crippen molar-refractivity contribution >= 4 is 29.2 Å². The van der Waals surface area contributed by atoms with Crippen molar-refractivity contribution in [2.45, 2.75) is 38.6 Å². The summed E-state index contributed by atoms with van der Waals surface area (Å²) in [7, 11) is 0. The number of amides is 3. The first kappa shape index (κ1) is 28.3. The molecule has 0 spiro atoms. The van der Waals surface area contributed by atoms with Gasteiger partial charge in [-0.15, -0.1) is 0 Å². The number of para-hydroxylation sites is 2. The van der Waals surface area contributed by atoms with E-state index in [0.717, 1.165) is 16.7 Å². The van der Waals surface area contributed by atoms with E-state index in [9.17, 15) is 19.2 Å². The first-order valence-corrected chi connectivity index (χ1v) is 13.8. The van der Waals surface area contributed by atoms with E-state index in [2.05, 4.69) is 10.7 Å². The number of fused-ring (bicyclic) bond motifs is 3. The SMILES string of the molecule is CC1C(=O)N(NC(=O)[C@H](C)NC(=O)CCC(=O)c2ccc(Oc3ccccc3)cc2)c2ccccc2-c2ccccc21. The van der Waals surface area contributed by atoms with Gasteiger partial charge in [0.1, 0.15) is 17.5 Å². The number of hydrogen-bond donors (Lipinski definition) is 2. The molecule has 1 aliphatic rings. The van der Waals surface area contributed by atoms with Gasteiger partial charge in [0.25, 0.3) is 11.8 Å². The molecule has 8 heteroatoms. The summed E-state index contributed by atoms with van der Waals surface area (Å²) in [5.74, 6) is -0.694. The highest BCUT2D eigenvalue weighted by atomic mass is 16.5. The number of anilines is 1. The van der Waals surface area contributed by atoms with Gasteiger partial charge < -0.3 is 10.1 Å². The van der Waals surface area contributed by atoms with Crippen LogP contribution in [0.5, 0.6) is 11.5 Å². The van der Waals surface area contributed by atoms with Gasteiger partial charge >= 0.3 is 0 Å². The minimum atomic E-state index is -0.942. The zero-order valence-corrected chi connectivity index (χ0v) is 23.4. The Balaban J connectivity index is 1.17. The summed E-state index contributed by atoms with van der Waals surface area (Å²) < 4.78 is 5.75. The van der Waals surface area contributed by atoms with Gasteiger partial charge in [-0.05, 0) is 67.4 Å². The second-order valence-electron chi connectivity index (χ2n) is 10.1. The van der Waals surface area contributed by atoms with E-state index in [1.807, 2.05) is 66.7 Å².